The van der Waals surface area contributed by atoms with Crippen LogP contribution in [-0.4, -0.2) is 13.1 Å². The van der Waals surface area contributed by atoms with E-state index in [1.807, 2.05) is 0 Å². The van der Waals surface area contributed by atoms with Crippen molar-refractivity contribution in [2.45, 2.75) is 72.1 Å². The Bertz CT molecular complexity index is 236. The molecule has 1 heteroatoms. The van der Waals surface area contributed by atoms with E-state index in [0.717, 1.165) is 17.8 Å². The van der Waals surface area contributed by atoms with E-state index in [4.69, 9.17) is 0 Å². The van der Waals surface area contributed by atoms with Crippen molar-refractivity contribution in [3.05, 3.63) is 0 Å². The van der Waals surface area contributed by atoms with Crippen LogP contribution in [0.15, 0.2) is 0 Å². The maximum Gasteiger partial charge on any atom is 0.000813 e. The summed E-state index contributed by atoms with van der Waals surface area (Å²) in [6.07, 6.45) is 11.8. The van der Waals surface area contributed by atoms with Gasteiger partial charge in [-0.1, -0.05) is 46.5 Å². The topological polar surface area (TPSA) is 12.0 Å². The van der Waals surface area contributed by atoms with E-state index in [-0.39, 0.29) is 0 Å². The van der Waals surface area contributed by atoms with Crippen molar-refractivity contribution < 1.29 is 0 Å². The van der Waals surface area contributed by atoms with Crippen molar-refractivity contribution in [3.8, 4) is 0 Å². The van der Waals surface area contributed by atoms with Crippen LogP contribution in [0.25, 0.3) is 0 Å². The maximum atomic E-state index is 3.75. The molecule has 1 N–H and O–H groups in total. The Hall–Kier alpha value is -0.0400. The van der Waals surface area contributed by atoms with Gasteiger partial charge in [-0.05, 0) is 55.4 Å². The molecule has 0 amide bonds. The maximum absolute atomic E-state index is 3.75. The van der Waals surface area contributed by atoms with Gasteiger partial charge in [0.15, 0.2) is 0 Å². The highest BCUT2D eigenvalue weighted by atomic mass is 14.9. The highest BCUT2D eigenvalue weighted by Gasteiger charge is 2.52. The van der Waals surface area contributed by atoms with Crippen molar-refractivity contribution in [1.82, 2.24) is 5.32 Å². The summed E-state index contributed by atoms with van der Waals surface area (Å²) in [6, 6.07) is 0. The van der Waals surface area contributed by atoms with Gasteiger partial charge in [0.2, 0.25) is 0 Å². The van der Waals surface area contributed by atoms with Crippen LogP contribution < -0.4 is 5.32 Å². The second kappa shape index (κ2) is 6.41. The van der Waals surface area contributed by atoms with Gasteiger partial charge in [0.05, 0.1) is 0 Å². The lowest BCUT2D eigenvalue weighted by Crippen LogP contribution is -2.35. The number of fused-ring (bicyclic) bond motifs is 1. The fourth-order valence-corrected chi connectivity index (χ4v) is 4.00. The SMILES string of the molecule is CCCCCCC1(CNCC(C)C)CC2CC2C1. The number of hydrogen-bond acceptors (Lipinski definition) is 1. The third-order valence-corrected chi connectivity index (χ3v) is 5.07. The van der Waals surface area contributed by atoms with Gasteiger partial charge >= 0.3 is 0 Å². The van der Waals surface area contributed by atoms with Gasteiger partial charge in [0.25, 0.3) is 0 Å². The Morgan fingerprint density at radius 1 is 1.11 bits per heavy atom. The van der Waals surface area contributed by atoms with Crippen LogP contribution in [0.3, 0.4) is 0 Å². The minimum absolute atomic E-state index is 0.691. The summed E-state index contributed by atoms with van der Waals surface area (Å²) in [5.41, 5.74) is 0.691. The molecular weight excluding hydrogens is 218 g/mol. The van der Waals surface area contributed by atoms with Crippen LogP contribution in [0.1, 0.15) is 72.1 Å². The number of rotatable bonds is 9. The van der Waals surface area contributed by atoms with Gasteiger partial charge < -0.3 is 5.32 Å². The molecule has 0 aromatic carbocycles. The lowest BCUT2D eigenvalue weighted by atomic mass is 9.78. The first-order valence-electron chi connectivity index (χ1n) is 8.36. The van der Waals surface area contributed by atoms with E-state index >= 15 is 0 Å². The molecule has 0 bridgehead atoms. The van der Waals surface area contributed by atoms with E-state index in [9.17, 15) is 0 Å². The number of hydrogen-bond donors (Lipinski definition) is 1. The van der Waals surface area contributed by atoms with Crippen LogP contribution in [0.5, 0.6) is 0 Å². The Morgan fingerprint density at radius 2 is 1.83 bits per heavy atom. The molecule has 0 saturated heterocycles. The highest BCUT2D eigenvalue weighted by molar-refractivity contribution is 5.04. The van der Waals surface area contributed by atoms with Gasteiger partial charge in [0.1, 0.15) is 0 Å². The summed E-state index contributed by atoms with van der Waals surface area (Å²) in [6.45, 7) is 9.43. The van der Waals surface area contributed by atoms with E-state index < -0.39 is 0 Å². The van der Waals surface area contributed by atoms with E-state index in [2.05, 4.69) is 26.1 Å². The summed E-state index contributed by atoms with van der Waals surface area (Å²) in [5, 5.41) is 3.75. The zero-order valence-corrected chi connectivity index (χ0v) is 12.8. The van der Waals surface area contributed by atoms with Crippen LogP contribution in [0.4, 0.5) is 0 Å². The minimum atomic E-state index is 0.691. The largest absolute Gasteiger partial charge is 0.316 e. The molecule has 106 valence electrons. The molecule has 1 nitrogen and oxygen atoms in total. The molecule has 2 fully saturated rings. The number of nitrogens with one attached hydrogen (secondary N) is 1. The van der Waals surface area contributed by atoms with Crippen molar-refractivity contribution in [1.29, 1.82) is 0 Å². The molecule has 18 heavy (non-hydrogen) atoms. The summed E-state index contributed by atoms with van der Waals surface area (Å²) >= 11 is 0. The van der Waals surface area contributed by atoms with Crippen LogP contribution >= 0.6 is 0 Å². The summed E-state index contributed by atoms with van der Waals surface area (Å²) < 4.78 is 0. The quantitative estimate of drug-likeness (QED) is 0.590. The third kappa shape index (κ3) is 3.98. The molecule has 0 aliphatic heterocycles. The van der Waals surface area contributed by atoms with Gasteiger partial charge in [-0.3, -0.25) is 0 Å². The molecule has 2 saturated carbocycles. The van der Waals surface area contributed by atoms with Gasteiger partial charge in [0, 0.05) is 6.54 Å². The molecule has 0 heterocycles. The third-order valence-electron chi connectivity index (χ3n) is 5.07. The second-order valence-electron chi connectivity index (χ2n) is 7.50. The van der Waals surface area contributed by atoms with E-state index in [0.29, 0.717) is 5.41 Å². The van der Waals surface area contributed by atoms with Gasteiger partial charge in [-0.2, -0.15) is 0 Å². The molecule has 0 radical (unpaired) electrons. The van der Waals surface area contributed by atoms with Crippen molar-refractivity contribution in [2.24, 2.45) is 23.2 Å². The van der Waals surface area contributed by atoms with Crippen LogP contribution in [0.2, 0.25) is 0 Å². The predicted octanol–water partition coefficient (Wildman–Crippen LogP) is 4.62. The summed E-state index contributed by atoms with van der Waals surface area (Å²) in [7, 11) is 0. The van der Waals surface area contributed by atoms with E-state index in [1.165, 1.54) is 58.0 Å². The fourth-order valence-electron chi connectivity index (χ4n) is 4.00. The first-order valence-corrected chi connectivity index (χ1v) is 8.36. The molecule has 2 rings (SSSR count). The van der Waals surface area contributed by atoms with Crippen LogP contribution in [-0.2, 0) is 0 Å². The van der Waals surface area contributed by atoms with Gasteiger partial charge in [-0.25, -0.2) is 0 Å². The smallest absolute Gasteiger partial charge is 0.000813 e. The average Bonchev–Trinajstić information content (AvgIpc) is 2.93. The summed E-state index contributed by atoms with van der Waals surface area (Å²) in [5.74, 6) is 3.03. The Balaban J connectivity index is 1.73. The monoisotopic (exact) mass is 251 g/mol. The van der Waals surface area contributed by atoms with Gasteiger partial charge in [-0.15, -0.1) is 0 Å². The predicted molar refractivity (Wildman–Crippen MR) is 79.7 cm³/mol. The normalized spacial score (nSPS) is 34.0. The molecule has 0 aromatic heterocycles. The first kappa shape index (κ1) is 14.4. The molecule has 0 aromatic rings. The minimum Gasteiger partial charge on any atom is -0.316 e. The Labute approximate surface area is 114 Å². The molecule has 2 aliphatic carbocycles. The van der Waals surface area contributed by atoms with Crippen LogP contribution in [0, 0.1) is 23.2 Å². The van der Waals surface area contributed by atoms with Crippen molar-refractivity contribution >= 4 is 0 Å². The molecule has 2 aliphatic rings. The zero-order chi connectivity index (χ0) is 13.0. The molecule has 2 atom stereocenters. The Kier molecular flexibility index (Phi) is 5.12. The summed E-state index contributed by atoms with van der Waals surface area (Å²) in [4.78, 5) is 0. The number of unbranched alkanes of at least 4 members (excludes halogenated alkanes) is 3. The lowest BCUT2D eigenvalue weighted by molar-refractivity contribution is 0.219. The molecular formula is C17H33N. The van der Waals surface area contributed by atoms with E-state index in [1.54, 1.807) is 6.42 Å². The zero-order valence-electron chi connectivity index (χ0n) is 12.8. The second-order valence-corrected chi connectivity index (χ2v) is 7.50. The standard InChI is InChI=1S/C17H33N/c1-4-5-6-7-8-17(13-18-12-14(2)3)10-15-9-16(15)11-17/h14-16,18H,4-13H2,1-3H3. The average molecular weight is 251 g/mol. The highest BCUT2D eigenvalue weighted by Crippen LogP contribution is 2.61. The lowest BCUT2D eigenvalue weighted by Gasteiger charge is -2.32. The fraction of sp³-hybridized carbons (Fsp3) is 1.00. The molecule has 0 spiro atoms. The Morgan fingerprint density at radius 3 is 2.44 bits per heavy atom. The molecule has 2 unspecified atom stereocenters. The van der Waals surface area contributed by atoms with Crippen molar-refractivity contribution in [2.75, 3.05) is 13.1 Å². The first-order chi connectivity index (χ1) is 8.65. The van der Waals surface area contributed by atoms with Crippen molar-refractivity contribution in [3.63, 3.8) is 0 Å².